The molecule has 5 heteroatoms. The van der Waals surface area contributed by atoms with Gasteiger partial charge in [-0.3, -0.25) is 9.78 Å². The summed E-state index contributed by atoms with van der Waals surface area (Å²) in [6.45, 7) is -0.589. The molecule has 1 fully saturated rings. The smallest absolute Gasteiger partial charge is 0.282 e. The minimum absolute atomic E-state index is 0.295. The van der Waals surface area contributed by atoms with E-state index >= 15 is 0 Å². The SMILES string of the molecule is O=Cc1cncc(N2CC(F)(F)C2)c1. The summed E-state index contributed by atoms with van der Waals surface area (Å²) in [6.07, 6.45) is 3.52. The van der Waals surface area contributed by atoms with Crippen molar-refractivity contribution in [3.63, 3.8) is 0 Å². The number of rotatable bonds is 2. The Morgan fingerprint density at radius 2 is 2.14 bits per heavy atom. The topological polar surface area (TPSA) is 33.2 Å². The summed E-state index contributed by atoms with van der Waals surface area (Å²) in [5.41, 5.74) is 0.971. The van der Waals surface area contributed by atoms with Crippen LogP contribution in [0.3, 0.4) is 0 Å². The molecule has 3 nitrogen and oxygen atoms in total. The van der Waals surface area contributed by atoms with Crippen LogP contribution in [0.15, 0.2) is 18.5 Å². The van der Waals surface area contributed by atoms with Gasteiger partial charge in [-0.15, -0.1) is 0 Å². The molecule has 1 aromatic heterocycles. The Morgan fingerprint density at radius 1 is 1.43 bits per heavy atom. The fourth-order valence-electron chi connectivity index (χ4n) is 1.38. The molecule has 0 bridgehead atoms. The van der Waals surface area contributed by atoms with Gasteiger partial charge in [-0.2, -0.15) is 0 Å². The van der Waals surface area contributed by atoms with Crippen molar-refractivity contribution in [1.82, 2.24) is 4.98 Å². The summed E-state index contributed by atoms with van der Waals surface area (Å²) in [5, 5.41) is 0. The molecule has 0 aromatic carbocycles. The maximum Gasteiger partial charge on any atom is 0.282 e. The molecule has 14 heavy (non-hydrogen) atoms. The van der Waals surface area contributed by atoms with Gasteiger partial charge in [0.1, 0.15) is 0 Å². The van der Waals surface area contributed by atoms with Gasteiger partial charge < -0.3 is 4.90 Å². The Kier molecular flexibility index (Phi) is 1.94. The highest BCUT2D eigenvalue weighted by Crippen LogP contribution is 2.31. The molecule has 2 heterocycles. The van der Waals surface area contributed by atoms with Crippen LogP contribution in [-0.4, -0.2) is 30.3 Å². The predicted octanol–water partition coefficient (Wildman–Crippen LogP) is 1.35. The van der Waals surface area contributed by atoms with Gasteiger partial charge in [0.25, 0.3) is 5.92 Å². The number of carbonyl (C=O) groups excluding carboxylic acids is 1. The minimum atomic E-state index is -2.60. The lowest BCUT2D eigenvalue weighted by Gasteiger charge is -2.40. The summed E-state index contributed by atoms with van der Waals surface area (Å²) >= 11 is 0. The highest BCUT2D eigenvalue weighted by Gasteiger charge is 2.43. The van der Waals surface area contributed by atoms with Crippen molar-refractivity contribution < 1.29 is 13.6 Å². The number of pyridine rings is 1. The minimum Gasteiger partial charge on any atom is -0.358 e. The van der Waals surface area contributed by atoms with E-state index < -0.39 is 5.92 Å². The monoisotopic (exact) mass is 198 g/mol. The normalized spacial score (nSPS) is 18.9. The van der Waals surface area contributed by atoms with E-state index in [0.29, 0.717) is 17.5 Å². The van der Waals surface area contributed by atoms with Gasteiger partial charge in [-0.25, -0.2) is 8.78 Å². The molecule has 1 aliphatic heterocycles. The zero-order chi connectivity index (χ0) is 10.2. The van der Waals surface area contributed by atoms with Crippen LogP contribution < -0.4 is 4.90 Å². The first-order chi connectivity index (χ1) is 6.61. The number of hydrogen-bond donors (Lipinski definition) is 0. The lowest BCUT2D eigenvalue weighted by Crippen LogP contribution is -2.56. The molecule has 1 aromatic rings. The number of halogens is 2. The zero-order valence-electron chi connectivity index (χ0n) is 7.28. The van der Waals surface area contributed by atoms with E-state index in [1.54, 1.807) is 6.07 Å². The van der Waals surface area contributed by atoms with Crippen molar-refractivity contribution in [2.75, 3.05) is 18.0 Å². The first-order valence-electron chi connectivity index (χ1n) is 4.14. The standard InChI is InChI=1S/C9H8F2N2O/c10-9(11)5-13(6-9)8-1-7(4-14)2-12-3-8/h1-4H,5-6H2. The van der Waals surface area contributed by atoms with Crippen LogP contribution in [0, 0.1) is 0 Å². The first kappa shape index (κ1) is 9.05. The van der Waals surface area contributed by atoms with Crippen molar-refractivity contribution >= 4 is 12.0 Å². The van der Waals surface area contributed by atoms with Gasteiger partial charge in [-0.1, -0.05) is 0 Å². The third-order valence-electron chi connectivity index (χ3n) is 2.09. The number of nitrogens with zero attached hydrogens (tertiary/aromatic N) is 2. The van der Waals surface area contributed by atoms with Crippen molar-refractivity contribution in [2.24, 2.45) is 0 Å². The number of alkyl halides is 2. The Labute approximate surface area is 79.4 Å². The molecule has 0 spiro atoms. The van der Waals surface area contributed by atoms with E-state index in [-0.39, 0.29) is 13.1 Å². The quantitative estimate of drug-likeness (QED) is 0.672. The Morgan fingerprint density at radius 3 is 2.71 bits per heavy atom. The molecule has 0 aliphatic carbocycles. The Bertz CT molecular complexity index is 360. The van der Waals surface area contributed by atoms with E-state index in [2.05, 4.69) is 4.98 Å². The van der Waals surface area contributed by atoms with Crippen molar-refractivity contribution in [3.8, 4) is 0 Å². The maximum absolute atomic E-state index is 12.5. The van der Waals surface area contributed by atoms with E-state index in [0.717, 1.165) is 0 Å². The molecule has 2 rings (SSSR count). The fraction of sp³-hybridized carbons (Fsp3) is 0.333. The summed E-state index contributed by atoms with van der Waals surface area (Å²) < 4.78 is 25.0. The van der Waals surface area contributed by atoms with Crippen LogP contribution in [0.5, 0.6) is 0 Å². The fourth-order valence-corrected chi connectivity index (χ4v) is 1.38. The van der Waals surface area contributed by atoms with E-state index in [1.165, 1.54) is 17.3 Å². The third-order valence-corrected chi connectivity index (χ3v) is 2.09. The van der Waals surface area contributed by atoms with Crippen LogP contribution >= 0.6 is 0 Å². The van der Waals surface area contributed by atoms with Crippen LogP contribution in [-0.2, 0) is 0 Å². The van der Waals surface area contributed by atoms with Crippen LogP contribution in [0.25, 0.3) is 0 Å². The summed E-state index contributed by atoms with van der Waals surface area (Å²) in [6, 6.07) is 1.55. The average Bonchev–Trinajstić information content (AvgIpc) is 2.14. The largest absolute Gasteiger partial charge is 0.358 e. The lowest BCUT2D eigenvalue weighted by atomic mass is 10.1. The molecule has 0 amide bonds. The number of anilines is 1. The van der Waals surface area contributed by atoms with E-state index in [4.69, 9.17) is 0 Å². The van der Waals surface area contributed by atoms with Gasteiger partial charge in [0.05, 0.1) is 25.0 Å². The zero-order valence-corrected chi connectivity index (χ0v) is 7.28. The van der Waals surface area contributed by atoms with E-state index in [1.807, 2.05) is 0 Å². The molecular weight excluding hydrogens is 190 g/mol. The predicted molar refractivity (Wildman–Crippen MR) is 46.8 cm³/mol. The number of aromatic nitrogens is 1. The van der Waals surface area contributed by atoms with Gasteiger partial charge in [0.2, 0.25) is 0 Å². The van der Waals surface area contributed by atoms with Crippen LogP contribution in [0.2, 0.25) is 0 Å². The maximum atomic E-state index is 12.5. The molecular formula is C9H8F2N2O. The summed E-state index contributed by atoms with van der Waals surface area (Å²) in [5.74, 6) is -2.60. The molecule has 1 aliphatic rings. The summed E-state index contributed by atoms with van der Waals surface area (Å²) in [4.78, 5) is 15.7. The third kappa shape index (κ3) is 1.57. The number of carbonyl (C=O) groups is 1. The van der Waals surface area contributed by atoms with Crippen LogP contribution in [0.1, 0.15) is 10.4 Å². The van der Waals surface area contributed by atoms with Crippen LogP contribution in [0.4, 0.5) is 14.5 Å². The number of aldehydes is 1. The highest BCUT2D eigenvalue weighted by molar-refractivity contribution is 5.76. The second-order valence-corrected chi connectivity index (χ2v) is 3.31. The van der Waals surface area contributed by atoms with E-state index in [9.17, 15) is 13.6 Å². The van der Waals surface area contributed by atoms with Gasteiger partial charge in [-0.05, 0) is 6.07 Å². The van der Waals surface area contributed by atoms with Crippen molar-refractivity contribution in [2.45, 2.75) is 5.92 Å². The summed E-state index contributed by atoms with van der Waals surface area (Å²) in [7, 11) is 0. The second kappa shape index (κ2) is 3.01. The van der Waals surface area contributed by atoms with Gasteiger partial charge >= 0.3 is 0 Å². The first-order valence-corrected chi connectivity index (χ1v) is 4.14. The molecule has 0 saturated carbocycles. The average molecular weight is 198 g/mol. The molecule has 74 valence electrons. The second-order valence-electron chi connectivity index (χ2n) is 3.31. The number of hydrogen-bond acceptors (Lipinski definition) is 3. The Balaban J connectivity index is 2.14. The Hall–Kier alpha value is -1.52. The molecule has 0 atom stereocenters. The van der Waals surface area contributed by atoms with Crippen molar-refractivity contribution in [1.29, 1.82) is 0 Å². The van der Waals surface area contributed by atoms with Crippen molar-refractivity contribution in [3.05, 3.63) is 24.0 Å². The highest BCUT2D eigenvalue weighted by atomic mass is 19.3. The molecule has 0 N–H and O–H groups in total. The van der Waals surface area contributed by atoms with Gasteiger partial charge in [0.15, 0.2) is 6.29 Å². The lowest BCUT2D eigenvalue weighted by molar-refractivity contribution is -0.0262. The van der Waals surface area contributed by atoms with Gasteiger partial charge in [0, 0.05) is 11.8 Å². The molecule has 1 saturated heterocycles. The molecule has 0 unspecified atom stereocenters. The molecule has 0 radical (unpaired) electrons.